The Morgan fingerprint density at radius 1 is 1.50 bits per heavy atom. The number of carboxylic acids is 1. The van der Waals surface area contributed by atoms with E-state index in [1.54, 1.807) is 0 Å². The minimum atomic E-state index is -0.676. The monoisotopic (exact) mass is 339 g/mol. The van der Waals surface area contributed by atoms with Crippen molar-refractivity contribution in [1.29, 1.82) is 0 Å². The van der Waals surface area contributed by atoms with Crippen LogP contribution in [0, 0.1) is 12.8 Å². The Kier molecular flexibility index (Phi) is 5.61. The van der Waals surface area contributed by atoms with Crippen molar-refractivity contribution in [2.75, 3.05) is 13.1 Å². The molecular formula is C16H22BrNO2. The zero-order valence-electron chi connectivity index (χ0n) is 11.9. The Morgan fingerprint density at radius 2 is 2.30 bits per heavy atom. The number of nitrogens with zero attached hydrogens (tertiary/aromatic N) is 1. The molecule has 1 saturated heterocycles. The van der Waals surface area contributed by atoms with Crippen LogP contribution in [0.1, 0.15) is 36.8 Å². The van der Waals surface area contributed by atoms with E-state index in [1.807, 2.05) is 0 Å². The second kappa shape index (κ2) is 7.23. The summed E-state index contributed by atoms with van der Waals surface area (Å²) in [5, 5.41) is 8.78. The number of rotatable bonds is 5. The highest BCUT2D eigenvalue weighted by molar-refractivity contribution is 9.10. The maximum Gasteiger partial charge on any atom is 0.303 e. The highest BCUT2D eigenvalue weighted by Gasteiger charge is 2.20. The predicted octanol–water partition coefficient (Wildman–Crippen LogP) is 3.83. The van der Waals surface area contributed by atoms with Gasteiger partial charge in [-0.25, -0.2) is 0 Å². The molecule has 110 valence electrons. The summed E-state index contributed by atoms with van der Waals surface area (Å²) < 4.78 is 1.16. The van der Waals surface area contributed by atoms with Crippen LogP contribution in [-0.4, -0.2) is 29.1 Å². The van der Waals surface area contributed by atoms with Gasteiger partial charge in [-0.1, -0.05) is 28.1 Å². The molecule has 0 spiro atoms. The maximum absolute atomic E-state index is 10.7. The molecule has 1 aromatic rings. The third-order valence-corrected chi connectivity index (χ3v) is 4.87. The largest absolute Gasteiger partial charge is 0.481 e. The lowest BCUT2D eigenvalue weighted by molar-refractivity contribution is -0.137. The summed E-state index contributed by atoms with van der Waals surface area (Å²) in [6.07, 6.45) is 3.46. The Hall–Kier alpha value is -0.870. The van der Waals surface area contributed by atoms with Crippen molar-refractivity contribution in [1.82, 2.24) is 4.90 Å². The summed E-state index contributed by atoms with van der Waals surface area (Å²) in [6.45, 7) is 5.20. The minimum absolute atomic E-state index is 0.300. The van der Waals surface area contributed by atoms with Crippen molar-refractivity contribution in [2.24, 2.45) is 5.92 Å². The summed E-state index contributed by atoms with van der Waals surface area (Å²) in [5.41, 5.74) is 2.58. The fraction of sp³-hybridized carbons (Fsp3) is 0.562. The summed E-state index contributed by atoms with van der Waals surface area (Å²) in [5.74, 6) is -0.140. The van der Waals surface area contributed by atoms with Crippen LogP contribution in [0.25, 0.3) is 0 Å². The summed E-state index contributed by atoms with van der Waals surface area (Å²) in [4.78, 5) is 13.1. The van der Waals surface area contributed by atoms with Crippen LogP contribution in [0.15, 0.2) is 22.7 Å². The van der Waals surface area contributed by atoms with Crippen molar-refractivity contribution < 1.29 is 9.90 Å². The lowest BCUT2D eigenvalue weighted by atomic mass is 9.93. The number of aliphatic carboxylic acids is 1. The Morgan fingerprint density at radius 3 is 3.00 bits per heavy atom. The first kappa shape index (κ1) is 15.5. The molecule has 3 nitrogen and oxygen atoms in total. The number of likely N-dealkylation sites (tertiary alicyclic amines) is 1. The van der Waals surface area contributed by atoms with Crippen LogP contribution in [0.2, 0.25) is 0 Å². The summed E-state index contributed by atoms with van der Waals surface area (Å²) in [7, 11) is 0. The van der Waals surface area contributed by atoms with Crippen LogP contribution in [0.4, 0.5) is 0 Å². The molecule has 1 aliphatic rings. The molecule has 1 unspecified atom stereocenters. The molecule has 4 heteroatoms. The molecule has 1 N–H and O–H groups in total. The van der Waals surface area contributed by atoms with Crippen molar-refractivity contribution in [3.63, 3.8) is 0 Å². The lowest BCUT2D eigenvalue weighted by Crippen LogP contribution is -2.35. The van der Waals surface area contributed by atoms with E-state index in [1.165, 1.54) is 24.0 Å². The zero-order chi connectivity index (χ0) is 14.5. The number of carboxylic acid groups (broad SMARTS) is 1. The molecule has 0 saturated carbocycles. The predicted molar refractivity (Wildman–Crippen MR) is 83.7 cm³/mol. The van der Waals surface area contributed by atoms with Crippen molar-refractivity contribution >= 4 is 21.9 Å². The number of halogens is 1. The summed E-state index contributed by atoms with van der Waals surface area (Å²) >= 11 is 3.58. The molecule has 1 aromatic carbocycles. The van der Waals surface area contributed by atoms with Gasteiger partial charge in [0.15, 0.2) is 0 Å². The quantitative estimate of drug-likeness (QED) is 0.886. The van der Waals surface area contributed by atoms with Crippen LogP contribution in [0.3, 0.4) is 0 Å². The smallest absolute Gasteiger partial charge is 0.303 e. The van der Waals surface area contributed by atoms with Gasteiger partial charge < -0.3 is 5.11 Å². The molecular weight excluding hydrogens is 318 g/mol. The van der Waals surface area contributed by atoms with Crippen LogP contribution < -0.4 is 0 Å². The van der Waals surface area contributed by atoms with Crippen molar-refractivity contribution in [3.05, 3.63) is 33.8 Å². The standard InChI is InChI=1S/C16H22BrNO2/c1-12-4-5-14(9-15(12)17)11-18-8-2-3-13(10-18)6-7-16(19)20/h4-5,9,13H,2-3,6-8,10-11H2,1H3,(H,19,20). The van der Waals surface area contributed by atoms with E-state index in [-0.39, 0.29) is 0 Å². The second-order valence-corrected chi connectivity index (χ2v) is 6.61. The van der Waals surface area contributed by atoms with E-state index >= 15 is 0 Å². The maximum atomic E-state index is 10.7. The summed E-state index contributed by atoms with van der Waals surface area (Å²) in [6, 6.07) is 6.52. The van der Waals surface area contributed by atoms with Gasteiger partial charge in [-0.2, -0.15) is 0 Å². The number of piperidine rings is 1. The Bertz CT molecular complexity index is 476. The Labute approximate surface area is 129 Å². The second-order valence-electron chi connectivity index (χ2n) is 5.76. The van der Waals surface area contributed by atoms with Crippen LogP contribution in [-0.2, 0) is 11.3 Å². The zero-order valence-corrected chi connectivity index (χ0v) is 13.5. The third-order valence-electron chi connectivity index (χ3n) is 4.01. The van der Waals surface area contributed by atoms with Gasteiger partial charge >= 0.3 is 5.97 Å². The van der Waals surface area contributed by atoms with Gasteiger partial charge in [-0.3, -0.25) is 9.69 Å². The molecule has 0 radical (unpaired) electrons. The van der Waals surface area contributed by atoms with Gasteiger partial charge in [0.05, 0.1) is 0 Å². The van der Waals surface area contributed by atoms with Gasteiger partial charge in [0.25, 0.3) is 0 Å². The van der Waals surface area contributed by atoms with Crippen molar-refractivity contribution in [3.8, 4) is 0 Å². The van der Waals surface area contributed by atoms with E-state index in [9.17, 15) is 4.79 Å². The first-order chi connectivity index (χ1) is 9.54. The van der Waals surface area contributed by atoms with Gasteiger partial charge in [-0.05, 0) is 55.8 Å². The normalized spacial score (nSPS) is 20.0. The number of carbonyl (C=O) groups is 1. The van der Waals surface area contributed by atoms with Gasteiger partial charge in [-0.15, -0.1) is 0 Å². The number of hydrogen-bond acceptors (Lipinski definition) is 2. The molecule has 20 heavy (non-hydrogen) atoms. The average Bonchev–Trinajstić information content (AvgIpc) is 2.41. The SMILES string of the molecule is Cc1ccc(CN2CCCC(CCC(=O)O)C2)cc1Br. The highest BCUT2D eigenvalue weighted by atomic mass is 79.9. The van der Waals surface area contributed by atoms with Gasteiger partial charge in [0.2, 0.25) is 0 Å². The molecule has 0 amide bonds. The number of hydrogen-bond donors (Lipinski definition) is 1. The third kappa shape index (κ3) is 4.60. The van der Waals surface area contributed by atoms with E-state index < -0.39 is 5.97 Å². The first-order valence-electron chi connectivity index (χ1n) is 7.24. The molecule has 1 heterocycles. The lowest BCUT2D eigenvalue weighted by Gasteiger charge is -2.32. The first-order valence-corrected chi connectivity index (χ1v) is 8.03. The van der Waals surface area contributed by atoms with E-state index in [4.69, 9.17) is 5.11 Å². The fourth-order valence-electron chi connectivity index (χ4n) is 2.85. The van der Waals surface area contributed by atoms with Gasteiger partial charge in [0.1, 0.15) is 0 Å². The molecule has 0 aliphatic carbocycles. The molecule has 1 atom stereocenters. The Balaban J connectivity index is 1.88. The number of benzene rings is 1. The van der Waals surface area contributed by atoms with E-state index in [0.717, 1.165) is 30.5 Å². The minimum Gasteiger partial charge on any atom is -0.481 e. The molecule has 2 rings (SSSR count). The van der Waals surface area contributed by atoms with Crippen LogP contribution >= 0.6 is 15.9 Å². The van der Waals surface area contributed by atoms with Gasteiger partial charge in [0, 0.05) is 24.0 Å². The molecule has 0 aromatic heterocycles. The fourth-order valence-corrected chi connectivity index (χ4v) is 3.28. The van der Waals surface area contributed by atoms with Crippen molar-refractivity contribution in [2.45, 2.75) is 39.2 Å². The molecule has 1 fully saturated rings. The molecule has 1 aliphatic heterocycles. The highest BCUT2D eigenvalue weighted by Crippen LogP contribution is 2.24. The van der Waals surface area contributed by atoms with Crippen LogP contribution in [0.5, 0.6) is 0 Å². The van der Waals surface area contributed by atoms with E-state index in [0.29, 0.717) is 12.3 Å². The molecule has 0 bridgehead atoms. The topological polar surface area (TPSA) is 40.5 Å². The number of aryl methyl sites for hydroxylation is 1. The average molecular weight is 340 g/mol. The van der Waals surface area contributed by atoms with E-state index in [2.05, 4.69) is 46.0 Å².